The number of nitrogens with one attached hydrogen (secondary N) is 1. The van der Waals surface area contributed by atoms with Crippen LogP contribution in [0.3, 0.4) is 0 Å². The first kappa shape index (κ1) is 19.8. The van der Waals surface area contributed by atoms with Crippen LogP contribution >= 0.6 is 11.6 Å². The molecule has 6 nitrogen and oxygen atoms in total. The number of aryl methyl sites for hydroxylation is 1. The highest BCUT2D eigenvalue weighted by Gasteiger charge is 2.31. The number of hydrogen-bond acceptors (Lipinski definition) is 4. The summed E-state index contributed by atoms with van der Waals surface area (Å²) < 4.78 is 19.7. The van der Waals surface area contributed by atoms with Gasteiger partial charge in [-0.3, -0.25) is 4.79 Å². The first-order valence-electron chi connectivity index (χ1n) is 10.2. The molecule has 158 valence electrons. The van der Waals surface area contributed by atoms with E-state index in [1.807, 2.05) is 12.3 Å². The number of carbonyl (C=O) groups is 1. The molecule has 8 heteroatoms. The number of likely N-dealkylation sites (tertiary alicyclic amines) is 1. The van der Waals surface area contributed by atoms with Crippen LogP contribution in [0.4, 0.5) is 4.39 Å². The van der Waals surface area contributed by atoms with E-state index >= 15 is 0 Å². The maximum absolute atomic E-state index is 14.5. The number of benzene rings is 1. The van der Waals surface area contributed by atoms with E-state index in [4.69, 9.17) is 16.1 Å². The summed E-state index contributed by atoms with van der Waals surface area (Å²) in [5, 5.41) is 5.27. The molecule has 4 heterocycles. The fourth-order valence-corrected chi connectivity index (χ4v) is 4.64. The van der Waals surface area contributed by atoms with E-state index in [1.54, 1.807) is 24.1 Å². The highest BCUT2D eigenvalue weighted by atomic mass is 35.5. The number of H-pyrrole nitrogens is 1. The highest BCUT2D eigenvalue weighted by molar-refractivity contribution is 6.33. The molecule has 0 unspecified atom stereocenters. The fraction of sp³-hybridized carbons (Fsp3) is 0.261. The van der Waals surface area contributed by atoms with E-state index < -0.39 is 5.82 Å². The van der Waals surface area contributed by atoms with Crippen molar-refractivity contribution in [3.63, 3.8) is 0 Å². The van der Waals surface area contributed by atoms with Gasteiger partial charge in [-0.15, -0.1) is 0 Å². The van der Waals surface area contributed by atoms with Crippen LogP contribution in [0.1, 0.15) is 40.4 Å². The maximum Gasteiger partial charge on any atom is 0.259 e. The lowest BCUT2D eigenvalue weighted by Crippen LogP contribution is -2.38. The molecule has 1 N–H and O–H groups in total. The molecule has 1 saturated heterocycles. The third-order valence-electron chi connectivity index (χ3n) is 5.98. The van der Waals surface area contributed by atoms with Crippen molar-refractivity contribution in [3.8, 4) is 11.3 Å². The van der Waals surface area contributed by atoms with Crippen molar-refractivity contribution in [1.82, 2.24) is 20.0 Å². The number of amides is 1. The molecule has 5 rings (SSSR count). The minimum atomic E-state index is -0.540. The third-order valence-corrected chi connectivity index (χ3v) is 6.30. The summed E-state index contributed by atoms with van der Waals surface area (Å²) in [5.74, 6) is -0.0659. The van der Waals surface area contributed by atoms with Gasteiger partial charge in [0, 0.05) is 30.9 Å². The molecule has 31 heavy (non-hydrogen) atoms. The molecule has 0 bridgehead atoms. The Hall–Kier alpha value is -3.19. The molecule has 1 aliphatic heterocycles. The van der Waals surface area contributed by atoms with Crippen molar-refractivity contribution < 1.29 is 13.7 Å². The van der Waals surface area contributed by atoms with E-state index in [1.165, 1.54) is 17.7 Å². The second kappa shape index (κ2) is 7.81. The number of fused-ring (bicyclic) bond motifs is 1. The van der Waals surface area contributed by atoms with E-state index in [-0.39, 0.29) is 27.8 Å². The molecule has 1 amide bonds. The van der Waals surface area contributed by atoms with Crippen molar-refractivity contribution in [2.75, 3.05) is 13.1 Å². The Morgan fingerprint density at radius 2 is 2.06 bits per heavy atom. The van der Waals surface area contributed by atoms with E-state index in [9.17, 15) is 9.18 Å². The smallest absolute Gasteiger partial charge is 0.259 e. The molecule has 3 aromatic heterocycles. The molecule has 4 aromatic rings. The molecule has 0 spiro atoms. The number of rotatable bonds is 3. The van der Waals surface area contributed by atoms with E-state index in [0.29, 0.717) is 24.8 Å². The van der Waals surface area contributed by atoms with Gasteiger partial charge >= 0.3 is 0 Å². The predicted molar refractivity (Wildman–Crippen MR) is 116 cm³/mol. The van der Waals surface area contributed by atoms with Gasteiger partial charge in [-0.1, -0.05) is 22.8 Å². The zero-order chi connectivity index (χ0) is 21.5. The lowest BCUT2D eigenvalue weighted by molar-refractivity contribution is 0.0712. The Labute approximate surface area is 183 Å². The molecule has 0 atom stereocenters. The van der Waals surface area contributed by atoms with Crippen molar-refractivity contribution >= 4 is 28.5 Å². The summed E-state index contributed by atoms with van der Waals surface area (Å²) in [6.07, 6.45) is 5.44. The summed E-state index contributed by atoms with van der Waals surface area (Å²) in [6, 6.07) is 8.38. The summed E-state index contributed by atoms with van der Waals surface area (Å²) >= 11 is 6.20. The first-order chi connectivity index (χ1) is 15.0. The summed E-state index contributed by atoms with van der Waals surface area (Å²) in [6.45, 7) is 2.83. The van der Waals surface area contributed by atoms with Gasteiger partial charge in [0.15, 0.2) is 0 Å². The largest absolute Gasteiger partial charge is 0.360 e. The van der Waals surface area contributed by atoms with Gasteiger partial charge < -0.3 is 14.4 Å². The summed E-state index contributed by atoms with van der Waals surface area (Å²) in [7, 11) is 0. The lowest BCUT2D eigenvalue weighted by atomic mass is 9.89. The average molecular weight is 439 g/mol. The number of pyridine rings is 1. The van der Waals surface area contributed by atoms with Crippen LogP contribution in [-0.2, 0) is 0 Å². The third kappa shape index (κ3) is 3.39. The average Bonchev–Trinajstić information content (AvgIpc) is 3.37. The Morgan fingerprint density at radius 3 is 2.84 bits per heavy atom. The molecule has 1 fully saturated rings. The van der Waals surface area contributed by atoms with Crippen LogP contribution in [0.25, 0.3) is 22.3 Å². The monoisotopic (exact) mass is 438 g/mol. The number of halogens is 2. The zero-order valence-electron chi connectivity index (χ0n) is 16.9. The summed E-state index contributed by atoms with van der Waals surface area (Å²) in [5.41, 5.74) is 2.61. The SMILES string of the molecule is Cc1onc(-c2c(F)cccc2Cl)c1C(=O)N1CCC(c2c[nH]c3ncccc23)CC1. The van der Waals surface area contributed by atoms with Gasteiger partial charge in [-0.05, 0) is 55.5 Å². The minimum absolute atomic E-state index is 0.0885. The van der Waals surface area contributed by atoms with Crippen LogP contribution in [-0.4, -0.2) is 39.0 Å². The Morgan fingerprint density at radius 1 is 1.26 bits per heavy atom. The molecule has 0 aliphatic carbocycles. The van der Waals surface area contributed by atoms with Crippen molar-refractivity contribution in [3.05, 3.63) is 70.5 Å². The van der Waals surface area contributed by atoms with Gasteiger partial charge in [0.05, 0.1) is 10.6 Å². The maximum atomic E-state index is 14.5. The molecule has 0 saturated carbocycles. The standard InChI is InChI=1S/C23H20ClFN4O2/c1-13-19(21(28-31-13)20-17(24)5-2-6-18(20)25)23(30)29-10-7-14(8-11-29)16-12-27-22-15(16)4-3-9-26-22/h2-6,9,12,14H,7-8,10-11H2,1H3,(H,26,27). The van der Waals surface area contributed by atoms with E-state index in [2.05, 4.69) is 21.2 Å². The molecular weight excluding hydrogens is 419 g/mol. The minimum Gasteiger partial charge on any atom is -0.360 e. The van der Waals surface area contributed by atoms with Crippen LogP contribution in [0, 0.1) is 12.7 Å². The Kier molecular flexibility index (Phi) is 4.98. The van der Waals surface area contributed by atoms with Crippen molar-refractivity contribution in [2.24, 2.45) is 0 Å². The second-order valence-electron chi connectivity index (χ2n) is 7.77. The highest BCUT2D eigenvalue weighted by Crippen LogP contribution is 2.36. The fourth-order valence-electron chi connectivity index (χ4n) is 4.39. The van der Waals surface area contributed by atoms with Crippen molar-refractivity contribution in [1.29, 1.82) is 0 Å². The summed E-state index contributed by atoms with van der Waals surface area (Å²) in [4.78, 5) is 22.7. The van der Waals surface area contributed by atoms with Crippen LogP contribution in [0.2, 0.25) is 5.02 Å². The predicted octanol–water partition coefficient (Wildman–Crippen LogP) is 5.34. The zero-order valence-corrected chi connectivity index (χ0v) is 17.6. The molecule has 1 aliphatic rings. The van der Waals surface area contributed by atoms with Crippen LogP contribution in [0.5, 0.6) is 0 Å². The van der Waals surface area contributed by atoms with Gasteiger partial charge in [-0.25, -0.2) is 9.37 Å². The van der Waals surface area contributed by atoms with Crippen molar-refractivity contribution in [2.45, 2.75) is 25.7 Å². The normalized spacial score (nSPS) is 15.0. The van der Waals surface area contributed by atoms with Crippen LogP contribution in [0.15, 0.2) is 47.2 Å². The molecule has 0 radical (unpaired) electrons. The second-order valence-corrected chi connectivity index (χ2v) is 8.18. The van der Waals surface area contributed by atoms with Gasteiger partial charge in [0.2, 0.25) is 0 Å². The first-order valence-corrected chi connectivity index (χ1v) is 10.5. The Bertz CT molecular complexity index is 1250. The number of aromatic amines is 1. The van der Waals surface area contributed by atoms with E-state index in [0.717, 1.165) is 23.9 Å². The molecular formula is C23H20ClFN4O2. The number of carbonyl (C=O) groups excluding carboxylic acids is 1. The number of hydrogen-bond donors (Lipinski definition) is 1. The van der Waals surface area contributed by atoms with Gasteiger partial charge in [0.25, 0.3) is 5.91 Å². The molecule has 1 aromatic carbocycles. The number of piperidine rings is 1. The number of aromatic nitrogens is 3. The Balaban J connectivity index is 1.39. The lowest BCUT2D eigenvalue weighted by Gasteiger charge is -2.32. The number of nitrogens with zero attached hydrogens (tertiary/aromatic N) is 3. The van der Waals surface area contributed by atoms with Crippen LogP contribution < -0.4 is 0 Å². The van der Waals surface area contributed by atoms with Gasteiger partial charge in [-0.2, -0.15) is 0 Å². The van der Waals surface area contributed by atoms with Gasteiger partial charge in [0.1, 0.15) is 28.5 Å². The topological polar surface area (TPSA) is 75.0 Å². The quantitative estimate of drug-likeness (QED) is 0.468.